The molecule has 1 aliphatic carbocycles. The summed E-state index contributed by atoms with van der Waals surface area (Å²) in [6.45, 7) is 0. The molecule has 2 atom stereocenters. The van der Waals surface area contributed by atoms with Gasteiger partial charge in [0, 0.05) is 11.6 Å². The van der Waals surface area contributed by atoms with Crippen LogP contribution in [0.3, 0.4) is 0 Å². The van der Waals surface area contributed by atoms with Crippen LogP contribution in [0.1, 0.15) is 35.4 Å². The average Bonchev–Trinajstić information content (AvgIpc) is 3.25. The SMILES string of the molecule is O=C(N[C@H]1CC[C@@H](C(=O)O)C1)c1occc1CS(=O)(=O)c1ccccc1. The van der Waals surface area contributed by atoms with E-state index in [-0.39, 0.29) is 28.0 Å². The van der Waals surface area contributed by atoms with Crippen molar-refractivity contribution in [3.8, 4) is 0 Å². The highest BCUT2D eigenvalue weighted by Gasteiger charge is 2.32. The molecule has 0 unspecified atom stereocenters. The second kappa shape index (κ2) is 7.33. The molecule has 26 heavy (non-hydrogen) atoms. The zero-order valence-corrected chi connectivity index (χ0v) is 14.7. The van der Waals surface area contributed by atoms with Crippen molar-refractivity contribution in [1.29, 1.82) is 0 Å². The maximum Gasteiger partial charge on any atom is 0.306 e. The Balaban J connectivity index is 1.71. The Hall–Kier alpha value is -2.61. The maximum atomic E-state index is 12.5. The van der Waals surface area contributed by atoms with Crippen LogP contribution < -0.4 is 5.32 Å². The zero-order valence-electron chi connectivity index (χ0n) is 13.9. The number of hydrogen-bond acceptors (Lipinski definition) is 5. The van der Waals surface area contributed by atoms with Crippen LogP contribution in [0.15, 0.2) is 52.0 Å². The molecule has 1 amide bonds. The molecule has 138 valence electrons. The normalized spacial score (nSPS) is 20.0. The number of nitrogens with one attached hydrogen (secondary N) is 1. The lowest BCUT2D eigenvalue weighted by Gasteiger charge is -2.12. The quantitative estimate of drug-likeness (QED) is 0.798. The number of carbonyl (C=O) groups excluding carboxylic acids is 1. The van der Waals surface area contributed by atoms with E-state index < -0.39 is 27.6 Å². The molecule has 3 rings (SSSR count). The minimum Gasteiger partial charge on any atom is -0.481 e. The number of hydrogen-bond donors (Lipinski definition) is 2. The van der Waals surface area contributed by atoms with Crippen LogP contribution in [0.4, 0.5) is 0 Å². The van der Waals surface area contributed by atoms with Crippen molar-refractivity contribution in [1.82, 2.24) is 5.32 Å². The molecule has 2 aromatic rings. The molecule has 1 fully saturated rings. The van der Waals surface area contributed by atoms with Crippen molar-refractivity contribution >= 4 is 21.7 Å². The predicted molar refractivity (Wildman–Crippen MR) is 92.3 cm³/mol. The van der Waals surface area contributed by atoms with E-state index in [4.69, 9.17) is 9.52 Å². The van der Waals surface area contributed by atoms with Gasteiger partial charge in [0.05, 0.1) is 22.8 Å². The van der Waals surface area contributed by atoms with Crippen molar-refractivity contribution < 1.29 is 27.5 Å². The molecule has 2 N–H and O–H groups in total. The highest BCUT2D eigenvalue weighted by molar-refractivity contribution is 7.90. The number of carbonyl (C=O) groups is 2. The van der Waals surface area contributed by atoms with E-state index in [0.717, 1.165) is 0 Å². The predicted octanol–water partition coefficient (Wildman–Crippen LogP) is 2.24. The van der Waals surface area contributed by atoms with Crippen LogP contribution >= 0.6 is 0 Å². The first-order valence-electron chi connectivity index (χ1n) is 8.24. The molecule has 0 radical (unpaired) electrons. The van der Waals surface area contributed by atoms with Crippen molar-refractivity contribution in [2.75, 3.05) is 0 Å². The zero-order chi connectivity index (χ0) is 18.7. The third-order valence-electron chi connectivity index (χ3n) is 4.52. The number of benzene rings is 1. The summed E-state index contributed by atoms with van der Waals surface area (Å²) in [5.74, 6) is -2.25. The van der Waals surface area contributed by atoms with Gasteiger partial charge in [-0.1, -0.05) is 18.2 Å². The average molecular weight is 377 g/mol. The number of carboxylic acid groups (broad SMARTS) is 1. The molecule has 0 spiro atoms. The van der Waals surface area contributed by atoms with E-state index in [1.54, 1.807) is 18.2 Å². The first-order valence-corrected chi connectivity index (χ1v) is 9.90. The monoisotopic (exact) mass is 377 g/mol. The van der Waals surface area contributed by atoms with E-state index in [0.29, 0.717) is 19.3 Å². The van der Waals surface area contributed by atoms with Crippen LogP contribution in [-0.2, 0) is 20.4 Å². The molecular weight excluding hydrogens is 358 g/mol. The molecule has 1 aromatic carbocycles. The number of furan rings is 1. The van der Waals surface area contributed by atoms with Gasteiger partial charge in [0.1, 0.15) is 0 Å². The fourth-order valence-corrected chi connectivity index (χ4v) is 4.53. The van der Waals surface area contributed by atoms with E-state index >= 15 is 0 Å². The molecular formula is C18H19NO6S. The summed E-state index contributed by atoms with van der Waals surface area (Å²) in [6, 6.07) is 9.20. The lowest BCUT2D eigenvalue weighted by molar-refractivity contribution is -0.141. The van der Waals surface area contributed by atoms with E-state index in [9.17, 15) is 18.0 Å². The van der Waals surface area contributed by atoms with E-state index in [2.05, 4.69) is 5.32 Å². The van der Waals surface area contributed by atoms with E-state index in [1.165, 1.54) is 24.5 Å². The summed E-state index contributed by atoms with van der Waals surface area (Å²) in [5, 5.41) is 11.8. The Labute approximate surface area is 150 Å². The van der Waals surface area contributed by atoms with Gasteiger partial charge >= 0.3 is 5.97 Å². The van der Waals surface area contributed by atoms with Gasteiger partial charge in [-0.2, -0.15) is 0 Å². The summed E-state index contributed by atoms with van der Waals surface area (Å²) in [4.78, 5) is 23.6. The molecule has 0 bridgehead atoms. The second-order valence-electron chi connectivity index (χ2n) is 6.37. The summed E-state index contributed by atoms with van der Waals surface area (Å²) in [7, 11) is -3.60. The molecule has 0 aliphatic heterocycles. The van der Waals surface area contributed by atoms with Gasteiger partial charge < -0.3 is 14.8 Å². The fraction of sp³-hybridized carbons (Fsp3) is 0.333. The van der Waals surface area contributed by atoms with Gasteiger partial charge in [-0.25, -0.2) is 8.42 Å². The van der Waals surface area contributed by atoms with Gasteiger partial charge in [-0.3, -0.25) is 9.59 Å². The highest BCUT2D eigenvalue weighted by Crippen LogP contribution is 2.26. The minimum atomic E-state index is -3.60. The van der Waals surface area contributed by atoms with Crippen molar-refractivity contribution in [2.45, 2.75) is 36.0 Å². The lowest BCUT2D eigenvalue weighted by atomic mass is 10.1. The third kappa shape index (κ3) is 3.96. The van der Waals surface area contributed by atoms with Gasteiger partial charge in [0.25, 0.3) is 5.91 Å². The first-order chi connectivity index (χ1) is 12.4. The Morgan fingerprint density at radius 3 is 2.54 bits per heavy atom. The van der Waals surface area contributed by atoms with Gasteiger partial charge in [0.2, 0.25) is 0 Å². The molecule has 8 heteroatoms. The third-order valence-corrected chi connectivity index (χ3v) is 6.20. The Kier molecular flexibility index (Phi) is 5.13. The van der Waals surface area contributed by atoms with Crippen molar-refractivity contribution in [3.05, 3.63) is 54.0 Å². The molecule has 7 nitrogen and oxygen atoms in total. The Bertz CT molecular complexity index is 903. The molecule has 1 aromatic heterocycles. The van der Waals surface area contributed by atoms with Crippen molar-refractivity contribution in [3.63, 3.8) is 0 Å². The molecule has 1 heterocycles. The van der Waals surface area contributed by atoms with E-state index in [1.807, 2.05) is 0 Å². The Morgan fingerprint density at radius 1 is 1.15 bits per heavy atom. The van der Waals surface area contributed by atoms with Crippen LogP contribution in [0, 0.1) is 5.92 Å². The largest absolute Gasteiger partial charge is 0.481 e. The molecule has 1 aliphatic rings. The van der Waals surface area contributed by atoms with Gasteiger partial charge in [-0.05, 0) is 37.5 Å². The first kappa shape index (κ1) is 18.2. The fourth-order valence-electron chi connectivity index (χ4n) is 3.15. The summed E-state index contributed by atoms with van der Waals surface area (Å²) < 4.78 is 30.2. The molecule has 0 saturated heterocycles. The van der Waals surface area contributed by atoms with Crippen LogP contribution in [0.5, 0.6) is 0 Å². The number of aliphatic carboxylic acids is 1. The van der Waals surface area contributed by atoms with Gasteiger partial charge in [0.15, 0.2) is 15.6 Å². The number of carboxylic acids is 1. The van der Waals surface area contributed by atoms with Crippen LogP contribution in [0.2, 0.25) is 0 Å². The lowest BCUT2D eigenvalue weighted by Crippen LogP contribution is -2.33. The maximum absolute atomic E-state index is 12.5. The second-order valence-corrected chi connectivity index (χ2v) is 8.36. The summed E-state index contributed by atoms with van der Waals surface area (Å²) in [5.41, 5.74) is 0.277. The minimum absolute atomic E-state index is 0.0525. The van der Waals surface area contributed by atoms with Crippen LogP contribution in [0.25, 0.3) is 0 Å². The highest BCUT2D eigenvalue weighted by atomic mass is 32.2. The summed E-state index contributed by atoms with van der Waals surface area (Å²) >= 11 is 0. The summed E-state index contributed by atoms with van der Waals surface area (Å²) in [6.07, 6.45) is 2.72. The standard InChI is InChI=1S/C18H19NO6S/c20-17(19-14-7-6-12(10-14)18(21)22)16-13(8-9-25-16)11-26(23,24)15-4-2-1-3-5-15/h1-5,8-9,12,14H,6-7,10-11H2,(H,19,20)(H,21,22)/t12-,14+/m1/s1. The smallest absolute Gasteiger partial charge is 0.306 e. The molecule has 1 saturated carbocycles. The van der Waals surface area contributed by atoms with Crippen molar-refractivity contribution in [2.24, 2.45) is 5.92 Å². The van der Waals surface area contributed by atoms with Gasteiger partial charge in [-0.15, -0.1) is 0 Å². The topological polar surface area (TPSA) is 114 Å². The number of amides is 1. The Morgan fingerprint density at radius 2 is 1.88 bits per heavy atom. The number of rotatable bonds is 6. The van der Waals surface area contributed by atoms with Crippen LogP contribution in [-0.4, -0.2) is 31.4 Å². The number of sulfone groups is 1.